The van der Waals surface area contributed by atoms with E-state index in [9.17, 15) is 14.4 Å². The van der Waals surface area contributed by atoms with E-state index < -0.39 is 5.91 Å². The Kier molecular flexibility index (Phi) is 9.39. The van der Waals surface area contributed by atoms with Gasteiger partial charge in [-0.25, -0.2) is 4.79 Å². The fourth-order valence-corrected chi connectivity index (χ4v) is 3.06. The molecule has 0 spiro atoms. The standard InChI is InChI=1S/C21H32N4O6/c1-15(2)14-31-21(28)25-9-5-8-24(10-11-25)13-19(26)22-23-20(27)16-6-7-17(29-3)18(12-16)30-4/h6-7,12,15H,5,8-11,13-14H2,1-4H3,(H,22,26)(H,23,27). The lowest BCUT2D eigenvalue weighted by atomic mass is 10.2. The number of carbonyl (C=O) groups is 3. The van der Waals surface area contributed by atoms with Crippen LogP contribution in [0.15, 0.2) is 18.2 Å². The largest absolute Gasteiger partial charge is 0.493 e. The minimum Gasteiger partial charge on any atom is -0.493 e. The van der Waals surface area contributed by atoms with Crippen LogP contribution in [-0.4, -0.2) is 81.3 Å². The highest BCUT2D eigenvalue weighted by Gasteiger charge is 2.22. The summed E-state index contributed by atoms with van der Waals surface area (Å²) in [7, 11) is 2.99. The van der Waals surface area contributed by atoms with Crippen LogP contribution in [-0.2, 0) is 9.53 Å². The van der Waals surface area contributed by atoms with Crippen molar-refractivity contribution in [1.29, 1.82) is 0 Å². The van der Waals surface area contributed by atoms with Crippen molar-refractivity contribution in [3.8, 4) is 11.5 Å². The number of hydrazine groups is 1. The topological polar surface area (TPSA) is 109 Å². The third-order valence-corrected chi connectivity index (χ3v) is 4.72. The molecular weight excluding hydrogens is 404 g/mol. The van der Waals surface area contributed by atoms with Crippen molar-refractivity contribution in [2.75, 3.05) is 53.6 Å². The first-order valence-electron chi connectivity index (χ1n) is 10.3. The van der Waals surface area contributed by atoms with E-state index in [1.807, 2.05) is 18.7 Å². The molecule has 0 bridgehead atoms. The molecule has 0 aliphatic carbocycles. The average Bonchev–Trinajstić information content (AvgIpc) is 3.00. The summed E-state index contributed by atoms with van der Waals surface area (Å²) >= 11 is 0. The molecule has 1 saturated heterocycles. The van der Waals surface area contributed by atoms with Crippen LogP contribution in [0.2, 0.25) is 0 Å². The van der Waals surface area contributed by atoms with E-state index in [1.54, 1.807) is 17.0 Å². The fourth-order valence-electron chi connectivity index (χ4n) is 3.06. The van der Waals surface area contributed by atoms with Crippen molar-refractivity contribution in [1.82, 2.24) is 20.7 Å². The van der Waals surface area contributed by atoms with E-state index in [-0.39, 0.29) is 24.5 Å². The number of hydrogen-bond donors (Lipinski definition) is 2. The average molecular weight is 437 g/mol. The van der Waals surface area contributed by atoms with Gasteiger partial charge in [0, 0.05) is 31.7 Å². The lowest BCUT2D eigenvalue weighted by molar-refractivity contribution is -0.123. The monoisotopic (exact) mass is 436 g/mol. The third kappa shape index (κ3) is 7.63. The Hall–Kier alpha value is -3.01. The Morgan fingerprint density at radius 2 is 1.74 bits per heavy atom. The number of nitrogens with one attached hydrogen (secondary N) is 2. The number of ether oxygens (including phenoxy) is 3. The minimum absolute atomic E-state index is 0.112. The van der Waals surface area contributed by atoms with Crippen molar-refractivity contribution in [3.63, 3.8) is 0 Å². The van der Waals surface area contributed by atoms with Crippen molar-refractivity contribution in [3.05, 3.63) is 23.8 Å². The Labute approximate surface area is 182 Å². The van der Waals surface area contributed by atoms with Gasteiger partial charge >= 0.3 is 6.09 Å². The minimum atomic E-state index is -0.468. The zero-order valence-electron chi connectivity index (χ0n) is 18.6. The summed E-state index contributed by atoms with van der Waals surface area (Å²) in [6, 6.07) is 4.72. The maximum absolute atomic E-state index is 12.3. The van der Waals surface area contributed by atoms with Crippen LogP contribution >= 0.6 is 0 Å². The summed E-state index contributed by atoms with van der Waals surface area (Å²) in [5.74, 6) is 0.396. The summed E-state index contributed by atoms with van der Waals surface area (Å²) in [4.78, 5) is 40.3. The first kappa shape index (κ1) is 24.3. The molecule has 1 aliphatic heterocycles. The van der Waals surface area contributed by atoms with Crippen LogP contribution in [0.5, 0.6) is 11.5 Å². The van der Waals surface area contributed by atoms with Crippen LogP contribution in [0.4, 0.5) is 4.79 Å². The molecule has 1 aliphatic rings. The molecule has 2 rings (SSSR count). The van der Waals surface area contributed by atoms with Crippen molar-refractivity contribution in [2.24, 2.45) is 5.92 Å². The molecule has 31 heavy (non-hydrogen) atoms. The van der Waals surface area contributed by atoms with E-state index in [1.165, 1.54) is 20.3 Å². The lowest BCUT2D eigenvalue weighted by Crippen LogP contribution is -2.47. The number of benzene rings is 1. The second-order valence-corrected chi connectivity index (χ2v) is 7.66. The first-order valence-corrected chi connectivity index (χ1v) is 10.3. The highest BCUT2D eigenvalue weighted by Crippen LogP contribution is 2.27. The van der Waals surface area contributed by atoms with Gasteiger partial charge in [0.1, 0.15) is 0 Å². The van der Waals surface area contributed by atoms with Gasteiger partial charge in [-0.1, -0.05) is 13.8 Å². The molecule has 1 aromatic rings. The molecule has 10 nitrogen and oxygen atoms in total. The van der Waals surface area contributed by atoms with Gasteiger partial charge in [-0.2, -0.15) is 0 Å². The molecule has 1 aromatic carbocycles. The molecule has 0 atom stereocenters. The first-order chi connectivity index (χ1) is 14.8. The smallest absolute Gasteiger partial charge is 0.409 e. The molecule has 0 saturated carbocycles. The Bertz CT molecular complexity index is 770. The third-order valence-electron chi connectivity index (χ3n) is 4.72. The lowest BCUT2D eigenvalue weighted by Gasteiger charge is -2.21. The molecular formula is C21H32N4O6. The van der Waals surface area contributed by atoms with Crippen LogP contribution in [0.1, 0.15) is 30.6 Å². The van der Waals surface area contributed by atoms with Gasteiger partial charge < -0.3 is 19.1 Å². The van der Waals surface area contributed by atoms with Gasteiger partial charge in [-0.05, 0) is 30.5 Å². The van der Waals surface area contributed by atoms with E-state index >= 15 is 0 Å². The Morgan fingerprint density at radius 1 is 1.00 bits per heavy atom. The van der Waals surface area contributed by atoms with Crippen LogP contribution in [0.3, 0.4) is 0 Å². The summed E-state index contributed by atoms with van der Waals surface area (Å²) in [6.45, 7) is 6.77. The highest BCUT2D eigenvalue weighted by molar-refractivity contribution is 5.96. The van der Waals surface area contributed by atoms with Crippen molar-refractivity contribution < 1.29 is 28.6 Å². The zero-order valence-corrected chi connectivity index (χ0v) is 18.6. The van der Waals surface area contributed by atoms with Gasteiger partial charge in [0.25, 0.3) is 11.8 Å². The molecule has 3 amide bonds. The molecule has 0 radical (unpaired) electrons. The molecule has 2 N–H and O–H groups in total. The molecule has 0 aromatic heterocycles. The number of rotatable bonds is 7. The Morgan fingerprint density at radius 3 is 2.42 bits per heavy atom. The van der Waals surface area contributed by atoms with Gasteiger partial charge in [-0.15, -0.1) is 0 Å². The predicted molar refractivity (Wildman–Crippen MR) is 114 cm³/mol. The maximum atomic E-state index is 12.3. The summed E-state index contributed by atoms with van der Waals surface area (Å²) < 4.78 is 15.6. The molecule has 1 fully saturated rings. The Balaban J connectivity index is 1.78. The summed E-state index contributed by atoms with van der Waals surface area (Å²) in [6.07, 6.45) is 0.421. The quantitative estimate of drug-likeness (QED) is 0.620. The SMILES string of the molecule is COc1ccc(C(=O)NNC(=O)CN2CCCN(C(=O)OCC(C)C)CC2)cc1OC. The number of amides is 3. The number of carbonyl (C=O) groups excluding carboxylic acids is 3. The molecule has 0 unspecified atom stereocenters. The normalized spacial score (nSPS) is 14.5. The van der Waals surface area contributed by atoms with Gasteiger partial charge in [0.15, 0.2) is 11.5 Å². The van der Waals surface area contributed by atoms with Crippen molar-refractivity contribution >= 4 is 17.9 Å². The van der Waals surface area contributed by atoms with Gasteiger partial charge in [-0.3, -0.25) is 25.3 Å². The van der Waals surface area contributed by atoms with E-state index in [0.29, 0.717) is 49.8 Å². The molecule has 172 valence electrons. The molecule has 10 heteroatoms. The number of methoxy groups -OCH3 is 2. The second kappa shape index (κ2) is 12.0. The summed E-state index contributed by atoms with van der Waals surface area (Å²) in [5.41, 5.74) is 5.15. The predicted octanol–water partition coefficient (Wildman–Crippen LogP) is 1.27. The van der Waals surface area contributed by atoms with Crippen molar-refractivity contribution in [2.45, 2.75) is 20.3 Å². The van der Waals surface area contributed by atoms with Gasteiger partial charge in [0.2, 0.25) is 0 Å². The van der Waals surface area contributed by atoms with E-state index in [4.69, 9.17) is 14.2 Å². The fraction of sp³-hybridized carbons (Fsp3) is 0.571. The van der Waals surface area contributed by atoms with Gasteiger partial charge in [0.05, 0.1) is 27.4 Å². The zero-order chi connectivity index (χ0) is 22.8. The highest BCUT2D eigenvalue weighted by atomic mass is 16.6. The second-order valence-electron chi connectivity index (χ2n) is 7.66. The maximum Gasteiger partial charge on any atom is 0.409 e. The molecule has 1 heterocycles. The van der Waals surface area contributed by atoms with Crippen LogP contribution in [0.25, 0.3) is 0 Å². The number of hydrogen-bond acceptors (Lipinski definition) is 7. The van der Waals surface area contributed by atoms with E-state index in [2.05, 4.69) is 10.9 Å². The summed E-state index contributed by atoms with van der Waals surface area (Å²) in [5, 5.41) is 0. The number of nitrogens with zero attached hydrogens (tertiary/aromatic N) is 2. The van der Waals surface area contributed by atoms with Crippen LogP contribution in [0, 0.1) is 5.92 Å². The van der Waals surface area contributed by atoms with Crippen LogP contribution < -0.4 is 20.3 Å². The van der Waals surface area contributed by atoms with E-state index in [0.717, 1.165) is 6.42 Å².